The average Bonchev–Trinajstić information content (AvgIpc) is 3.31. The SMILES string of the molecule is CC(=O)C(SC1=NN1c1cc(C)nc(N)n1)C(=O)Nc1ccccc1. The van der Waals surface area contributed by atoms with Crippen LogP contribution in [0.15, 0.2) is 41.5 Å². The summed E-state index contributed by atoms with van der Waals surface area (Å²) in [5.74, 6) is 0.00709. The summed E-state index contributed by atoms with van der Waals surface area (Å²) in [5.41, 5.74) is 6.97. The lowest BCUT2D eigenvalue weighted by Gasteiger charge is -2.12. The number of aromatic nitrogens is 2. The Hall–Kier alpha value is -2.94. The van der Waals surface area contributed by atoms with Crippen molar-refractivity contribution in [3.63, 3.8) is 0 Å². The van der Waals surface area contributed by atoms with E-state index >= 15 is 0 Å². The van der Waals surface area contributed by atoms with Gasteiger partial charge in [-0.15, -0.1) is 5.10 Å². The van der Waals surface area contributed by atoms with Crippen LogP contribution in [0.1, 0.15) is 12.6 Å². The van der Waals surface area contributed by atoms with E-state index in [0.717, 1.165) is 11.8 Å². The number of amidine groups is 1. The van der Waals surface area contributed by atoms with E-state index in [1.807, 2.05) is 6.07 Å². The zero-order chi connectivity index (χ0) is 18.0. The van der Waals surface area contributed by atoms with Crippen molar-refractivity contribution in [2.75, 3.05) is 16.1 Å². The van der Waals surface area contributed by atoms with Gasteiger partial charge in [-0.25, -0.2) is 4.98 Å². The maximum atomic E-state index is 12.4. The number of nitrogens with zero attached hydrogens (tertiary/aromatic N) is 4. The minimum Gasteiger partial charge on any atom is -0.368 e. The molecule has 1 amide bonds. The Kier molecular flexibility index (Phi) is 4.66. The first kappa shape index (κ1) is 16.9. The number of aryl methyl sites for hydroxylation is 1. The molecule has 0 spiro atoms. The van der Waals surface area contributed by atoms with Crippen LogP contribution in [0.2, 0.25) is 0 Å². The molecule has 1 aromatic heterocycles. The zero-order valence-electron chi connectivity index (χ0n) is 13.6. The van der Waals surface area contributed by atoms with Crippen molar-refractivity contribution in [3.05, 3.63) is 42.1 Å². The highest BCUT2D eigenvalue weighted by Gasteiger charge is 2.36. The maximum Gasteiger partial charge on any atom is 0.245 e. The third-order valence-electron chi connectivity index (χ3n) is 3.27. The molecular formula is C16H16N6O2S. The molecule has 2 aromatic rings. The van der Waals surface area contributed by atoms with Gasteiger partial charge in [-0.3, -0.25) is 9.59 Å². The van der Waals surface area contributed by atoms with Crippen molar-refractivity contribution in [1.82, 2.24) is 9.97 Å². The normalized spacial score (nSPS) is 13.8. The number of carbonyl (C=O) groups excluding carboxylic acids is 2. The Balaban J connectivity index is 1.66. The quantitative estimate of drug-likeness (QED) is 0.785. The molecule has 0 fully saturated rings. The number of hydrogen-bond acceptors (Lipinski definition) is 8. The Morgan fingerprint density at radius 1 is 1.24 bits per heavy atom. The van der Waals surface area contributed by atoms with Crippen LogP contribution in [0, 0.1) is 6.92 Å². The van der Waals surface area contributed by atoms with Crippen LogP contribution in [-0.4, -0.2) is 32.1 Å². The molecule has 128 valence electrons. The molecule has 9 heteroatoms. The highest BCUT2D eigenvalue weighted by Crippen LogP contribution is 2.31. The average molecular weight is 356 g/mol. The zero-order valence-corrected chi connectivity index (χ0v) is 14.4. The fourth-order valence-corrected chi connectivity index (χ4v) is 2.99. The third-order valence-corrected chi connectivity index (χ3v) is 4.52. The molecular weight excluding hydrogens is 340 g/mol. The second-order valence-corrected chi connectivity index (χ2v) is 6.46. The van der Waals surface area contributed by atoms with E-state index in [1.54, 1.807) is 37.3 Å². The van der Waals surface area contributed by atoms with Gasteiger partial charge in [0.1, 0.15) is 5.25 Å². The van der Waals surface area contributed by atoms with E-state index in [9.17, 15) is 9.59 Å². The van der Waals surface area contributed by atoms with E-state index in [1.165, 1.54) is 11.9 Å². The van der Waals surface area contributed by atoms with Gasteiger partial charge in [-0.1, -0.05) is 30.0 Å². The van der Waals surface area contributed by atoms with Crippen molar-refractivity contribution in [2.24, 2.45) is 5.10 Å². The predicted octanol–water partition coefficient (Wildman–Crippen LogP) is 1.79. The molecule has 0 saturated carbocycles. The smallest absolute Gasteiger partial charge is 0.245 e. The summed E-state index contributed by atoms with van der Waals surface area (Å²) in [4.78, 5) is 32.4. The molecule has 1 aliphatic heterocycles. The lowest BCUT2D eigenvalue weighted by Crippen LogP contribution is -2.32. The van der Waals surface area contributed by atoms with Gasteiger partial charge in [0.15, 0.2) is 11.6 Å². The van der Waals surface area contributed by atoms with Gasteiger partial charge in [0.05, 0.1) is 0 Å². The summed E-state index contributed by atoms with van der Waals surface area (Å²) in [6, 6.07) is 10.7. The molecule has 8 nitrogen and oxygen atoms in total. The van der Waals surface area contributed by atoms with Gasteiger partial charge < -0.3 is 11.1 Å². The van der Waals surface area contributed by atoms with Gasteiger partial charge in [0, 0.05) is 17.4 Å². The number of nitrogens with two attached hydrogens (primary N) is 1. The largest absolute Gasteiger partial charge is 0.368 e. The third kappa shape index (κ3) is 4.13. The molecule has 1 aromatic carbocycles. The number of hydrazone groups is 1. The number of benzene rings is 1. The fraction of sp³-hybridized carbons (Fsp3) is 0.188. The van der Waals surface area contributed by atoms with Crippen LogP contribution in [0.25, 0.3) is 0 Å². The number of hydrogen-bond donors (Lipinski definition) is 2. The number of carbonyl (C=O) groups is 2. The lowest BCUT2D eigenvalue weighted by molar-refractivity contribution is -0.123. The highest BCUT2D eigenvalue weighted by molar-refractivity contribution is 8.16. The first-order valence-electron chi connectivity index (χ1n) is 7.47. The summed E-state index contributed by atoms with van der Waals surface area (Å²) >= 11 is 1.07. The number of rotatable bonds is 5. The monoisotopic (exact) mass is 356 g/mol. The predicted molar refractivity (Wildman–Crippen MR) is 98.2 cm³/mol. The first-order chi connectivity index (χ1) is 11.9. The van der Waals surface area contributed by atoms with Crippen LogP contribution < -0.4 is 16.1 Å². The van der Waals surface area contributed by atoms with Crippen LogP contribution in [0.4, 0.5) is 17.5 Å². The van der Waals surface area contributed by atoms with Crippen molar-refractivity contribution >= 4 is 46.1 Å². The molecule has 0 bridgehead atoms. The molecule has 2 heterocycles. The Morgan fingerprint density at radius 3 is 2.60 bits per heavy atom. The van der Waals surface area contributed by atoms with Crippen LogP contribution >= 0.6 is 11.8 Å². The molecule has 3 rings (SSSR count). The van der Waals surface area contributed by atoms with Gasteiger partial charge in [0.2, 0.25) is 17.0 Å². The van der Waals surface area contributed by atoms with E-state index in [4.69, 9.17) is 5.73 Å². The molecule has 0 aliphatic carbocycles. The van der Waals surface area contributed by atoms with Crippen molar-refractivity contribution < 1.29 is 9.59 Å². The molecule has 0 saturated heterocycles. The Labute approximate surface area is 148 Å². The minimum atomic E-state index is -0.899. The number of amides is 1. The number of nitrogens with one attached hydrogen (secondary N) is 1. The number of nitrogen functional groups attached to an aromatic ring is 1. The summed E-state index contributed by atoms with van der Waals surface area (Å²) < 4.78 is 0. The van der Waals surface area contributed by atoms with E-state index in [0.29, 0.717) is 22.4 Å². The number of thioether (sulfide) groups is 1. The van der Waals surface area contributed by atoms with Crippen molar-refractivity contribution in [1.29, 1.82) is 0 Å². The van der Waals surface area contributed by atoms with Gasteiger partial charge in [-0.2, -0.15) is 9.99 Å². The molecule has 25 heavy (non-hydrogen) atoms. The van der Waals surface area contributed by atoms with Crippen LogP contribution in [-0.2, 0) is 9.59 Å². The Morgan fingerprint density at radius 2 is 1.96 bits per heavy atom. The maximum absolute atomic E-state index is 12.4. The molecule has 1 aliphatic rings. The standard InChI is InChI=1S/C16H16N6O2S/c1-9-8-12(20-15(17)18-9)22-16(21-22)25-13(10(2)23)14(24)19-11-6-4-3-5-7-11/h3-8,13H,1-2H3,(H,19,24)(H2,17,18,20). The first-order valence-corrected chi connectivity index (χ1v) is 8.35. The summed E-state index contributed by atoms with van der Waals surface area (Å²) in [6.07, 6.45) is 0. The molecule has 3 N–H and O–H groups in total. The van der Waals surface area contributed by atoms with Gasteiger partial charge in [-0.05, 0) is 26.0 Å². The second kappa shape index (κ2) is 6.89. The number of anilines is 3. The van der Waals surface area contributed by atoms with Crippen LogP contribution in [0.5, 0.6) is 0 Å². The number of Topliss-reactive ketones (excluding diaryl/α,β-unsaturated/α-hetero) is 1. The van der Waals surface area contributed by atoms with E-state index < -0.39 is 11.2 Å². The second-order valence-electron chi connectivity index (χ2n) is 5.38. The summed E-state index contributed by atoms with van der Waals surface area (Å²) in [7, 11) is 0. The fourth-order valence-electron chi connectivity index (χ4n) is 2.12. The highest BCUT2D eigenvalue weighted by atomic mass is 32.2. The van der Waals surface area contributed by atoms with Crippen LogP contribution in [0.3, 0.4) is 0 Å². The van der Waals surface area contributed by atoms with Gasteiger partial charge >= 0.3 is 0 Å². The molecule has 1 unspecified atom stereocenters. The topological polar surface area (TPSA) is 113 Å². The minimum absolute atomic E-state index is 0.145. The molecule has 0 radical (unpaired) electrons. The molecule has 1 atom stereocenters. The summed E-state index contributed by atoms with van der Waals surface area (Å²) in [6.45, 7) is 3.17. The summed E-state index contributed by atoms with van der Waals surface area (Å²) in [5, 5.41) is 8.04. The van der Waals surface area contributed by atoms with Crippen molar-refractivity contribution in [2.45, 2.75) is 19.1 Å². The van der Waals surface area contributed by atoms with Crippen molar-refractivity contribution in [3.8, 4) is 0 Å². The number of para-hydroxylation sites is 1. The van der Waals surface area contributed by atoms with E-state index in [-0.39, 0.29) is 11.7 Å². The Bertz CT molecular complexity index is 835. The van der Waals surface area contributed by atoms with E-state index in [2.05, 4.69) is 20.4 Å². The van der Waals surface area contributed by atoms with Gasteiger partial charge in [0.25, 0.3) is 0 Å². The number of ketones is 1. The lowest BCUT2D eigenvalue weighted by atomic mass is 10.2.